The molecule has 0 aromatic carbocycles. The van der Waals surface area contributed by atoms with Crippen molar-refractivity contribution in [2.45, 2.75) is 26.2 Å². The SMILES string of the molecule is CCC#CC1CCCNC1. The van der Waals surface area contributed by atoms with Gasteiger partial charge in [0.1, 0.15) is 0 Å². The number of piperidine rings is 1. The normalized spacial score (nSPS) is 25.1. The van der Waals surface area contributed by atoms with E-state index < -0.39 is 0 Å². The van der Waals surface area contributed by atoms with Crippen molar-refractivity contribution in [2.24, 2.45) is 5.92 Å². The first-order chi connectivity index (χ1) is 4.93. The predicted molar refractivity (Wildman–Crippen MR) is 43.7 cm³/mol. The molecule has 0 spiro atoms. The van der Waals surface area contributed by atoms with Crippen LogP contribution in [-0.4, -0.2) is 13.1 Å². The van der Waals surface area contributed by atoms with Crippen LogP contribution in [0.4, 0.5) is 0 Å². The molecular formula is C9H15N. The molecule has 0 aliphatic carbocycles. The minimum atomic E-state index is 0.633. The zero-order valence-electron chi connectivity index (χ0n) is 6.61. The maximum atomic E-state index is 3.34. The van der Waals surface area contributed by atoms with Gasteiger partial charge in [0.05, 0.1) is 0 Å². The zero-order valence-corrected chi connectivity index (χ0v) is 6.61. The zero-order chi connectivity index (χ0) is 7.23. The van der Waals surface area contributed by atoms with Gasteiger partial charge in [-0.3, -0.25) is 0 Å². The highest BCUT2D eigenvalue weighted by atomic mass is 14.9. The van der Waals surface area contributed by atoms with Crippen molar-refractivity contribution in [3.8, 4) is 11.8 Å². The van der Waals surface area contributed by atoms with Gasteiger partial charge in [-0.2, -0.15) is 0 Å². The second-order valence-electron chi connectivity index (χ2n) is 2.72. The molecule has 1 heteroatoms. The lowest BCUT2D eigenvalue weighted by Crippen LogP contribution is -2.28. The summed E-state index contributed by atoms with van der Waals surface area (Å²) in [6.45, 7) is 4.39. The molecular weight excluding hydrogens is 122 g/mol. The van der Waals surface area contributed by atoms with Crippen LogP contribution in [0.15, 0.2) is 0 Å². The molecule has 10 heavy (non-hydrogen) atoms. The first kappa shape index (κ1) is 7.63. The fraction of sp³-hybridized carbons (Fsp3) is 0.778. The van der Waals surface area contributed by atoms with Crippen molar-refractivity contribution in [1.29, 1.82) is 0 Å². The first-order valence-corrected chi connectivity index (χ1v) is 4.12. The van der Waals surface area contributed by atoms with Crippen LogP contribution in [0.5, 0.6) is 0 Å². The topological polar surface area (TPSA) is 12.0 Å². The second-order valence-corrected chi connectivity index (χ2v) is 2.72. The van der Waals surface area contributed by atoms with E-state index >= 15 is 0 Å². The summed E-state index contributed by atoms with van der Waals surface area (Å²) in [4.78, 5) is 0. The molecule has 0 saturated carbocycles. The van der Waals surface area contributed by atoms with Crippen LogP contribution in [0.1, 0.15) is 26.2 Å². The average molecular weight is 137 g/mol. The van der Waals surface area contributed by atoms with Crippen molar-refractivity contribution in [2.75, 3.05) is 13.1 Å². The van der Waals surface area contributed by atoms with E-state index in [-0.39, 0.29) is 0 Å². The van der Waals surface area contributed by atoms with Gasteiger partial charge in [0, 0.05) is 18.9 Å². The maximum absolute atomic E-state index is 3.34. The molecule has 1 aliphatic heterocycles. The first-order valence-electron chi connectivity index (χ1n) is 4.12. The van der Waals surface area contributed by atoms with E-state index in [1.807, 2.05) is 0 Å². The van der Waals surface area contributed by atoms with Crippen molar-refractivity contribution >= 4 is 0 Å². The molecule has 1 heterocycles. The van der Waals surface area contributed by atoms with Gasteiger partial charge in [-0.25, -0.2) is 0 Å². The average Bonchev–Trinajstić information content (AvgIpc) is 2.03. The van der Waals surface area contributed by atoms with Crippen LogP contribution >= 0.6 is 0 Å². The Balaban J connectivity index is 2.25. The molecule has 0 aromatic rings. The van der Waals surface area contributed by atoms with E-state index in [0.29, 0.717) is 5.92 Å². The van der Waals surface area contributed by atoms with Gasteiger partial charge >= 0.3 is 0 Å². The summed E-state index contributed by atoms with van der Waals surface area (Å²) in [5.41, 5.74) is 0. The van der Waals surface area contributed by atoms with E-state index in [1.165, 1.54) is 19.4 Å². The van der Waals surface area contributed by atoms with Gasteiger partial charge in [-0.15, -0.1) is 5.92 Å². The lowest BCUT2D eigenvalue weighted by molar-refractivity contribution is 0.449. The summed E-state index contributed by atoms with van der Waals surface area (Å²) in [5.74, 6) is 7.02. The molecule has 1 rings (SSSR count). The van der Waals surface area contributed by atoms with Crippen molar-refractivity contribution in [1.82, 2.24) is 5.32 Å². The van der Waals surface area contributed by atoms with Crippen molar-refractivity contribution in [3.63, 3.8) is 0 Å². The summed E-state index contributed by atoms with van der Waals surface area (Å²) in [6.07, 6.45) is 3.58. The third-order valence-corrected chi connectivity index (χ3v) is 1.78. The molecule has 0 radical (unpaired) electrons. The van der Waals surface area contributed by atoms with Crippen molar-refractivity contribution in [3.05, 3.63) is 0 Å². The van der Waals surface area contributed by atoms with Gasteiger partial charge in [0.15, 0.2) is 0 Å². The molecule has 0 bridgehead atoms. The Hall–Kier alpha value is -0.480. The monoisotopic (exact) mass is 137 g/mol. The molecule has 1 N–H and O–H groups in total. The molecule has 1 aliphatic rings. The summed E-state index contributed by atoms with van der Waals surface area (Å²) >= 11 is 0. The minimum Gasteiger partial charge on any atom is -0.316 e. The van der Waals surface area contributed by atoms with Gasteiger partial charge in [-0.1, -0.05) is 12.8 Å². The Kier molecular flexibility index (Phi) is 3.32. The lowest BCUT2D eigenvalue weighted by atomic mass is 10.0. The van der Waals surface area contributed by atoms with Crippen LogP contribution in [0, 0.1) is 17.8 Å². The highest BCUT2D eigenvalue weighted by molar-refractivity contribution is 5.04. The fourth-order valence-corrected chi connectivity index (χ4v) is 1.22. The second kappa shape index (κ2) is 4.35. The highest BCUT2D eigenvalue weighted by Crippen LogP contribution is 2.07. The predicted octanol–water partition coefficient (Wildman–Crippen LogP) is 1.40. The molecule has 1 nitrogen and oxygen atoms in total. The van der Waals surface area contributed by atoms with E-state index in [2.05, 4.69) is 24.1 Å². The molecule has 56 valence electrons. The molecule has 1 atom stereocenters. The van der Waals surface area contributed by atoms with Crippen molar-refractivity contribution < 1.29 is 0 Å². The van der Waals surface area contributed by atoms with E-state index in [9.17, 15) is 0 Å². The summed E-state index contributed by atoms with van der Waals surface area (Å²) < 4.78 is 0. The number of hydrogen-bond acceptors (Lipinski definition) is 1. The highest BCUT2D eigenvalue weighted by Gasteiger charge is 2.08. The van der Waals surface area contributed by atoms with Crippen LogP contribution in [0.3, 0.4) is 0 Å². The van der Waals surface area contributed by atoms with Crippen LogP contribution in [0.2, 0.25) is 0 Å². The Morgan fingerprint density at radius 2 is 2.50 bits per heavy atom. The molecule has 0 aromatic heterocycles. The molecule has 1 fully saturated rings. The number of rotatable bonds is 0. The molecule has 1 saturated heterocycles. The lowest BCUT2D eigenvalue weighted by Gasteiger charge is -2.17. The standard InChI is InChI=1S/C9H15N/c1-2-3-5-9-6-4-7-10-8-9/h9-10H,2,4,6-8H2,1H3. The largest absolute Gasteiger partial charge is 0.316 e. The fourth-order valence-electron chi connectivity index (χ4n) is 1.22. The van der Waals surface area contributed by atoms with Gasteiger partial charge in [0.25, 0.3) is 0 Å². The van der Waals surface area contributed by atoms with Crippen LogP contribution in [-0.2, 0) is 0 Å². The van der Waals surface area contributed by atoms with Gasteiger partial charge < -0.3 is 5.32 Å². The Labute approximate surface area is 63.2 Å². The number of hydrogen-bond donors (Lipinski definition) is 1. The van der Waals surface area contributed by atoms with E-state index in [4.69, 9.17) is 0 Å². The number of nitrogens with one attached hydrogen (secondary N) is 1. The maximum Gasteiger partial charge on any atom is 0.0328 e. The minimum absolute atomic E-state index is 0.633. The smallest absolute Gasteiger partial charge is 0.0328 e. The Morgan fingerprint density at radius 3 is 3.10 bits per heavy atom. The Bertz CT molecular complexity index is 135. The Morgan fingerprint density at radius 1 is 1.60 bits per heavy atom. The van der Waals surface area contributed by atoms with Gasteiger partial charge in [0.2, 0.25) is 0 Å². The molecule has 0 amide bonds. The summed E-state index contributed by atoms with van der Waals surface area (Å²) in [5, 5.41) is 3.34. The molecule has 1 unspecified atom stereocenters. The van der Waals surface area contributed by atoms with E-state index in [1.54, 1.807) is 0 Å². The van der Waals surface area contributed by atoms with Crippen LogP contribution < -0.4 is 5.32 Å². The van der Waals surface area contributed by atoms with E-state index in [0.717, 1.165) is 13.0 Å². The van der Waals surface area contributed by atoms with Gasteiger partial charge in [-0.05, 0) is 19.4 Å². The third kappa shape index (κ3) is 2.41. The third-order valence-electron chi connectivity index (χ3n) is 1.78. The summed E-state index contributed by atoms with van der Waals surface area (Å²) in [6, 6.07) is 0. The summed E-state index contributed by atoms with van der Waals surface area (Å²) in [7, 11) is 0. The van der Waals surface area contributed by atoms with Crippen LogP contribution in [0.25, 0.3) is 0 Å². The quantitative estimate of drug-likeness (QED) is 0.498.